The molecule has 0 saturated carbocycles. The van der Waals surface area contributed by atoms with Gasteiger partial charge in [-0.1, -0.05) is 0 Å². The summed E-state index contributed by atoms with van der Waals surface area (Å²) in [5, 5.41) is 0.379. The summed E-state index contributed by atoms with van der Waals surface area (Å²) in [4.78, 5) is 7.63. The maximum absolute atomic E-state index is 13.1. The van der Waals surface area contributed by atoms with Gasteiger partial charge in [0.25, 0.3) is 0 Å². The van der Waals surface area contributed by atoms with Gasteiger partial charge in [-0.3, -0.25) is 0 Å². The van der Waals surface area contributed by atoms with E-state index in [2.05, 4.69) is 16.0 Å². The Bertz CT molecular complexity index is 463. The number of aromatic nitrogens is 2. The van der Waals surface area contributed by atoms with Crippen LogP contribution in [0.15, 0.2) is 12.3 Å². The predicted octanol–water partition coefficient (Wildman–Crippen LogP) is 2.02. The van der Waals surface area contributed by atoms with Crippen LogP contribution < -0.4 is 0 Å². The summed E-state index contributed by atoms with van der Waals surface area (Å²) in [6, 6.07) is 3.49. The highest BCUT2D eigenvalue weighted by Gasteiger charge is 2.08. The van der Waals surface area contributed by atoms with Crippen molar-refractivity contribution in [2.24, 2.45) is 0 Å². The van der Waals surface area contributed by atoms with Crippen LogP contribution >= 0.6 is 0 Å². The molecule has 0 aliphatic rings. The van der Waals surface area contributed by atoms with Gasteiger partial charge >= 0.3 is 0 Å². The average Bonchev–Trinajstić information content (AvgIpc) is 2.12. The van der Waals surface area contributed by atoms with Gasteiger partial charge in [-0.25, -0.2) is 18.7 Å². The Labute approximate surface area is 73.2 Å². The molecule has 0 atom stereocenters. The van der Waals surface area contributed by atoms with Gasteiger partial charge in [0.2, 0.25) is 0 Å². The fourth-order valence-electron chi connectivity index (χ4n) is 1.06. The van der Waals surface area contributed by atoms with Crippen molar-refractivity contribution in [1.82, 2.24) is 9.97 Å². The van der Waals surface area contributed by atoms with Gasteiger partial charge < -0.3 is 0 Å². The monoisotopic (exact) mass is 179 g/mol. The third-order valence-corrected chi connectivity index (χ3v) is 1.68. The van der Waals surface area contributed by atoms with E-state index in [1.807, 2.05) is 0 Å². The van der Waals surface area contributed by atoms with Crippen LogP contribution in [0, 0.1) is 24.6 Å². The molecule has 0 amide bonds. The van der Waals surface area contributed by atoms with E-state index in [9.17, 15) is 8.78 Å². The Hall–Kier alpha value is -1.58. The molecule has 4 heteroatoms. The van der Waals surface area contributed by atoms with Crippen LogP contribution in [-0.4, -0.2) is 9.97 Å². The molecule has 13 heavy (non-hydrogen) atoms. The van der Waals surface area contributed by atoms with E-state index in [-0.39, 0.29) is 5.52 Å². The maximum atomic E-state index is 13.1. The van der Waals surface area contributed by atoms with Crippen molar-refractivity contribution >= 4 is 10.9 Å². The molecular weight excluding hydrogens is 174 g/mol. The van der Waals surface area contributed by atoms with E-state index >= 15 is 0 Å². The topological polar surface area (TPSA) is 25.8 Å². The summed E-state index contributed by atoms with van der Waals surface area (Å²) >= 11 is 0. The summed E-state index contributed by atoms with van der Waals surface area (Å²) < 4.78 is 25.8. The number of aryl methyl sites for hydroxylation is 1. The summed E-state index contributed by atoms with van der Waals surface area (Å²) in [7, 11) is 0. The SMILES string of the molecule is Cc1ncc2[c]cc(F)c(F)c2n1. The third kappa shape index (κ3) is 1.24. The maximum Gasteiger partial charge on any atom is 0.185 e. The van der Waals surface area contributed by atoms with Crippen molar-refractivity contribution in [1.29, 1.82) is 0 Å². The molecule has 0 unspecified atom stereocenters. The van der Waals surface area contributed by atoms with Crippen LogP contribution in [0.4, 0.5) is 8.78 Å². The molecule has 2 aromatic rings. The Morgan fingerprint density at radius 3 is 2.92 bits per heavy atom. The molecule has 2 nitrogen and oxygen atoms in total. The molecular formula is C9H5F2N2. The minimum atomic E-state index is -0.945. The van der Waals surface area contributed by atoms with Gasteiger partial charge in [-0.2, -0.15) is 0 Å². The fraction of sp³-hybridized carbons (Fsp3) is 0.111. The molecule has 2 rings (SSSR count). The smallest absolute Gasteiger partial charge is 0.185 e. The van der Waals surface area contributed by atoms with Crippen molar-refractivity contribution in [3.63, 3.8) is 0 Å². The zero-order valence-corrected chi connectivity index (χ0v) is 6.81. The molecule has 65 valence electrons. The van der Waals surface area contributed by atoms with Crippen molar-refractivity contribution in [2.75, 3.05) is 0 Å². The number of hydrogen-bond donors (Lipinski definition) is 0. The van der Waals surface area contributed by atoms with Crippen LogP contribution in [-0.2, 0) is 0 Å². The normalized spacial score (nSPS) is 10.7. The van der Waals surface area contributed by atoms with Gasteiger partial charge in [-0.05, 0) is 19.1 Å². The van der Waals surface area contributed by atoms with Gasteiger partial charge in [0.05, 0.1) is 0 Å². The molecule has 0 aliphatic heterocycles. The summed E-state index contributed by atoms with van der Waals surface area (Å²) in [5.74, 6) is -1.48. The fourth-order valence-corrected chi connectivity index (χ4v) is 1.06. The standard InChI is InChI=1S/C9H5F2N2/c1-5-12-4-6-2-3-7(10)8(11)9(6)13-5/h3-4H,1H3. The van der Waals surface area contributed by atoms with Crippen molar-refractivity contribution in [3.8, 4) is 0 Å². The first-order chi connectivity index (χ1) is 6.18. The first kappa shape index (κ1) is 8.04. The number of benzene rings is 1. The number of fused-ring (bicyclic) bond motifs is 1. The molecule has 0 saturated heterocycles. The first-order valence-electron chi connectivity index (χ1n) is 3.67. The number of halogens is 2. The lowest BCUT2D eigenvalue weighted by molar-refractivity contribution is 0.515. The van der Waals surface area contributed by atoms with Gasteiger partial charge in [-0.15, -0.1) is 0 Å². The highest BCUT2D eigenvalue weighted by molar-refractivity contribution is 5.77. The van der Waals surface area contributed by atoms with Crippen LogP contribution in [0.25, 0.3) is 10.9 Å². The molecule has 0 spiro atoms. The van der Waals surface area contributed by atoms with E-state index < -0.39 is 11.6 Å². The van der Waals surface area contributed by atoms with E-state index in [0.717, 1.165) is 6.07 Å². The number of nitrogens with zero attached hydrogens (tertiary/aromatic N) is 2. The lowest BCUT2D eigenvalue weighted by Crippen LogP contribution is -1.93. The minimum Gasteiger partial charge on any atom is -0.241 e. The van der Waals surface area contributed by atoms with E-state index in [4.69, 9.17) is 0 Å². The Morgan fingerprint density at radius 2 is 2.15 bits per heavy atom. The lowest BCUT2D eigenvalue weighted by Gasteiger charge is -1.99. The molecule has 1 radical (unpaired) electrons. The van der Waals surface area contributed by atoms with E-state index in [1.54, 1.807) is 6.92 Å². The molecule has 1 heterocycles. The second kappa shape index (κ2) is 2.73. The van der Waals surface area contributed by atoms with Crippen LogP contribution in [0.1, 0.15) is 5.82 Å². The van der Waals surface area contributed by atoms with Crippen LogP contribution in [0.2, 0.25) is 0 Å². The number of rotatable bonds is 0. The largest absolute Gasteiger partial charge is 0.241 e. The predicted molar refractivity (Wildman–Crippen MR) is 43.0 cm³/mol. The second-order valence-corrected chi connectivity index (χ2v) is 2.63. The second-order valence-electron chi connectivity index (χ2n) is 2.63. The lowest BCUT2D eigenvalue weighted by atomic mass is 10.2. The molecule has 0 fully saturated rings. The van der Waals surface area contributed by atoms with Crippen molar-refractivity contribution < 1.29 is 8.78 Å². The molecule has 1 aromatic heterocycles. The van der Waals surface area contributed by atoms with Gasteiger partial charge in [0.15, 0.2) is 11.6 Å². The van der Waals surface area contributed by atoms with Crippen LogP contribution in [0.3, 0.4) is 0 Å². The first-order valence-corrected chi connectivity index (χ1v) is 3.67. The summed E-state index contributed by atoms with van der Waals surface area (Å²) in [6.07, 6.45) is 1.42. The van der Waals surface area contributed by atoms with Gasteiger partial charge in [0, 0.05) is 11.6 Å². The average molecular weight is 179 g/mol. The summed E-state index contributed by atoms with van der Waals surface area (Å²) in [5.41, 5.74) is -0.0208. The Kier molecular flexibility index (Phi) is 1.69. The molecule has 0 bridgehead atoms. The number of hydrogen-bond acceptors (Lipinski definition) is 2. The quantitative estimate of drug-likeness (QED) is 0.618. The highest BCUT2D eigenvalue weighted by Crippen LogP contribution is 2.16. The van der Waals surface area contributed by atoms with Crippen LogP contribution in [0.5, 0.6) is 0 Å². The molecule has 1 aromatic carbocycles. The minimum absolute atomic E-state index is 0.0208. The zero-order chi connectivity index (χ0) is 9.42. The zero-order valence-electron chi connectivity index (χ0n) is 6.81. The molecule has 0 aliphatic carbocycles. The third-order valence-electron chi connectivity index (χ3n) is 1.68. The summed E-state index contributed by atoms with van der Waals surface area (Å²) in [6.45, 7) is 1.61. The molecule has 0 N–H and O–H groups in total. The highest BCUT2D eigenvalue weighted by atomic mass is 19.2. The van der Waals surface area contributed by atoms with E-state index in [1.165, 1.54) is 6.20 Å². The van der Waals surface area contributed by atoms with Gasteiger partial charge in [0.1, 0.15) is 11.3 Å². The Balaban J connectivity index is 2.89. The van der Waals surface area contributed by atoms with E-state index in [0.29, 0.717) is 11.2 Å². The van der Waals surface area contributed by atoms with Crippen molar-refractivity contribution in [2.45, 2.75) is 6.92 Å². The van der Waals surface area contributed by atoms with Crippen molar-refractivity contribution in [3.05, 3.63) is 35.8 Å². The Morgan fingerprint density at radius 1 is 1.38 bits per heavy atom.